The van der Waals surface area contributed by atoms with Crippen LogP contribution in [0.25, 0.3) is 33.3 Å². The third-order valence-corrected chi connectivity index (χ3v) is 5.99. The second kappa shape index (κ2) is 9.06. The molecular formula is C27H22FN3O4. The fourth-order valence-corrected chi connectivity index (χ4v) is 4.21. The number of pyridine rings is 1. The van der Waals surface area contributed by atoms with E-state index >= 15 is 0 Å². The first kappa shape index (κ1) is 22.3. The van der Waals surface area contributed by atoms with Gasteiger partial charge in [0, 0.05) is 28.3 Å². The molecule has 176 valence electrons. The lowest BCUT2D eigenvalue weighted by atomic mass is 9.98. The summed E-state index contributed by atoms with van der Waals surface area (Å²) < 4.78 is 25.0. The molecule has 3 aromatic carbocycles. The fraction of sp³-hybridized carbons (Fsp3) is 0.148. The molecular weight excluding hydrogens is 449 g/mol. The summed E-state index contributed by atoms with van der Waals surface area (Å²) in [5, 5.41) is 13.1. The summed E-state index contributed by atoms with van der Waals surface area (Å²) in [5.74, 6) is -0.0292. The number of aliphatic carboxylic acids is 1. The van der Waals surface area contributed by atoms with Crippen molar-refractivity contribution in [2.75, 3.05) is 26.1 Å². The van der Waals surface area contributed by atoms with Gasteiger partial charge < -0.3 is 19.9 Å². The van der Waals surface area contributed by atoms with Crippen molar-refractivity contribution in [2.24, 2.45) is 4.99 Å². The van der Waals surface area contributed by atoms with E-state index in [0.717, 1.165) is 16.7 Å². The highest BCUT2D eigenvalue weighted by Gasteiger charge is 2.24. The number of carboxylic acid groups (broad SMARTS) is 1. The number of methoxy groups -OCH3 is 2. The molecule has 0 saturated heterocycles. The average Bonchev–Trinajstić information content (AvgIpc) is 3.12. The second-order valence-electron chi connectivity index (χ2n) is 8.08. The largest absolute Gasteiger partial charge is 0.497 e. The number of ether oxygens (including phenoxy) is 2. The van der Waals surface area contributed by atoms with Gasteiger partial charge in [0.05, 0.1) is 37.7 Å². The Hall–Kier alpha value is -4.46. The van der Waals surface area contributed by atoms with Gasteiger partial charge in [-0.1, -0.05) is 24.3 Å². The molecule has 2 heterocycles. The summed E-state index contributed by atoms with van der Waals surface area (Å²) in [4.78, 5) is 20.8. The van der Waals surface area contributed by atoms with Gasteiger partial charge >= 0.3 is 5.97 Å². The lowest BCUT2D eigenvalue weighted by molar-refractivity contribution is -0.137. The highest BCUT2D eigenvalue weighted by molar-refractivity contribution is 6.07. The van der Waals surface area contributed by atoms with Crippen molar-refractivity contribution in [1.29, 1.82) is 0 Å². The molecule has 4 aromatic rings. The summed E-state index contributed by atoms with van der Waals surface area (Å²) in [5.41, 5.74) is 4.88. The molecule has 5 rings (SSSR count). The maximum absolute atomic E-state index is 14.1. The Morgan fingerprint density at radius 2 is 1.80 bits per heavy atom. The summed E-state index contributed by atoms with van der Waals surface area (Å²) >= 11 is 0. The number of carbonyl (C=O) groups is 1. The summed E-state index contributed by atoms with van der Waals surface area (Å²) in [6, 6.07) is 16.7. The van der Waals surface area contributed by atoms with Crippen LogP contribution in [0.5, 0.6) is 11.5 Å². The molecule has 1 aromatic heterocycles. The van der Waals surface area contributed by atoms with Gasteiger partial charge in [-0.25, -0.2) is 14.2 Å². The monoisotopic (exact) mass is 471 g/mol. The van der Waals surface area contributed by atoms with E-state index in [-0.39, 0.29) is 6.54 Å². The van der Waals surface area contributed by atoms with Crippen LogP contribution in [0.4, 0.5) is 10.1 Å². The van der Waals surface area contributed by atoms with Crippen LogP contribution in [0.15, 0.2) is 65.7 Å². The molecule has 0 amide bonds. The molecule has 1 atom stereocenters. The smallest absolute Gasteiger partial charge is 0.328 e. The van der Waals surface area contributed by atoms with Crippen molar-refractivity contribution in [3.05, 3.63) is 72.0 Å². The number of hydrogen-bond acceptors (Lipinski definition) is 6. The molecule has 1 aliphatic heterocycles. The SMILES string of the molecule is COc1ccc(OC)c(-c2ccc(-c3nc4ccc(F)cc4c4c3C=NCC(C(=O)O)N4)cc2)c1. The Bertz CT molecular complexity index is 1470. The molecule has 0 spiro atoms. The quantitative estimate of drug-likeness (QED) is 0.425. The zero-order chi connectivity index (χ0) is 24.5. The number of anilines is 1. The van der Waals surface area contributed by atoms with Crippen molar-refractivity contribution < 1.29 is 23.8 Å². The van der Waals surface area contributed by atoms with Crippen LogP contribution in [0.1, 0.15) is 5.56 Å². The zero-order valence-corrected chi connectivity index (χ0v) is 19.1. The van der Waals surface area contributed by atoms with E-state index in [4.69, 9.17) is 14.5 Å². The van der Waals surface area contributed by atoms with Gasteiger partial charge in [0.25, 0.3) is 0 Å². The molecule has 0 saturated carbocycles. The third-order valence-electron chi connectivity index (χ3n) is 5.99. The van der Waals surface area contributed by atoms with Crippen LogP contribution < -0.4 is 14.8 Å². The van der Waals surface area contributed by atoms with E-state index in [2.05, 4.69) is 10.3 Å². The minimum atomic E-state index is -1.03. The Kier molecular flexibility index (Phi) is 5.78. The van der Waals surface area contributed by atoms with Crippen molar-refractivity contribution in [3.8, 4) is 33.9 Å². The first-order valence-corrected chi connectivity index (χ1v) is 10.9. The number of carboxylic acids is 1. The van der Waals surface area contributed by atoms with E-state index in [1.807, 2.05) is 42.5 Å². The van der Waals surface area contributed by atoms with Gasteiger partial charge in [0.2, 0.25) is 0 Å². The molecule has 7 nitrogen and oxygen atoms in total. The van der Waals surface area contributed by atoms with Crippen molar-refractivity contribution in [1.82, 2.24) is 4.98 Å². The molecule has 2 N–H and O–H groups in total. The Morgan fingerprint density at radius 3 is 2.51 bits per heavy atom. The zero-order valence-electron chi connectivity index (χ0n) is 19.1. The highest BCUT2D eigenvalue weighted by Crippen LogP contribution is 2.37. The normalized spacial score (nSPS) is 14.7. The molecule has 0 aliphatic carbocycles. The number of hydrogen-bond donors (Lipinski definition) is 2. The number of aromatic nitrogens is 1. The maximum Gasteiger partial charge on any atom is 0.328 e. The number of nitrogens with one attached hydrogen (secondary N) is 1. The molecule has 1 aliphatic rings. The number of fused-ring (bicyclic) bond motifs is 3. The van der Waals surface area contributed by atoms with Crippen LogP contribution >= 0.6 is 0 Å². The Morgan fingerprint density at radius 1 is 1.03 bits per heavy atom. The van der Waals surface area contributed by atoms with E-state index in [0.29, 0.717) is 39.3 Å². The number of nitrogens with zero attached hydrogens (tertiary/aromatic N) is 2. The van der Waals surface area contributed by atoms with E-state index in [1.165, 1.54) is 12.1 Å². The summed E-state index contributed by atoms with van der Waals surface area (Å²) in [6.07, 6.45) is 1.61. The number of benzene rings is 3. The molecule has 35 heavy (non-hydrogen) atoms. The summed E-state index contributed by atoms with van der Waals surface area (Å²) in [6.45, 7) is 0.0504. The highest BCUT2D eigenvalue weighted by atomic mass is 19.1. The first-order chi connectivity index (χ1) is 17.0. The van der Waals surface area contributed by atoms with E-state index in [9.17, 15) is 14.3 Å². The second-order valence-corrected chi connectivity index (χ2v) is 8.08. The number of rotatable bonds is 5. The lowest BCUT2D eigenvalue weighted by Crippen LogP contribution is -2.31. The van der Waals surface area contributed by atoms with Gasteiger partial charge in [0.15, 0.2) is 0 Å². The summed E-state index contributed by atoms with van der Waals surface area (Å²) in [7, 11) is 3.23. The average molecular weight is 471 g/mol. The molecule has 0 radical (unpaired) electrons. The fourth-order valence-electron chi connectivity index (χ4n) is 4.21. The van der Waals surface area contributed by atoms with Crippen LogP contribution in [-0.2, 0) is 4.79 Å². The number of aliphatic imine (C=N–C) groups is 1. The van der Waals surface area contributed by atoms with E-state index in [1.54, 1.807) is 26.5 Å². The predicted octanol–water partition coefficient (Wildman–Crippen LogP) is 5.02. The maximum atomic E-state index is 14.1. The molecule has 0 fully saturated rings. The van der Waals surface area contributed by atoms with E-state index < -0.39 is 17.8 Å². The predicted molar refractivity (Wildman–Crippen MR) is 133 cm³/mol. The molecule has 0 bridgehead atoms. The lowest BCUT2D eigenvalue weighted by Gasteiger charge is -2.18. The van der Waals surface area contributed by atoms with Gasteiger partial charge in [-0.2, -0.15) is 0 Å². The minimum Gasteiger partial charge on any atom is -0.497 e. The van der Waals surface area contributed by atoms with Crippen molar-refractivity contribution >= 4 is 28.8 Å². The van der Waals surface area contributed by atoms with Crippen LogP contribution in [0.3, 0.4) is 0 Å². The van der Waals surface area contributed by atoms with Crippen LogP contribution in [0.2, 0.25) is 0 Å². The Labute approximate surface area is 200 Å². The van der Waals surface area contributed by atoms with Crippen molar-refractivity contribution in [2.45, 2.75) is 6.04 Å². The minimum absolute atomic E-state index is 0.0504. The Balaban J connectivity index is 1.65. The number of halogens is 1. The third kappa shape index (κ3) is 4.14. The van der Waals surface area contributed by atoms with Gasteiger partial charge in [-0.15, -0.1) is 0 Å². The first-order valence-electron chi connectivity index (χ1n) is 10.9. The molecule has 8 heteroatoms. The standard InChI is InChI=1S/C27H22FN3O4/c1-34-18-8-10-24(35-2)19(12-18)15-3-5-16(6-4-15)25-21-13-29-14-23(27(32)33)31-26(21)20-11-17(28)7-9-22(20)30-25/h3-13,23,31H,14H2,1-2H3,(H,32,33). The van der Waals surface area contributed by atoms with Gasteiger partial charge in [-0.05, 0) is 42.0 Å². The van der Waals surface area contributed by atoms with Crippen LogP contribution in [-0.4, -0.2) is 49.1 Å². The van der Waals surface area contributed by atoms with Gasteiger partial charge in [-0.3, -0.25) is 4.99 Å². The molecule has 1 unspecified atom stereocenters. The van der Waals surface area contributed by atoms with Gasteiger partial charge in [0.1, 0.15) is 23.4 Å². The van der Waals surface area contributed by atoms with Crippen molar-refractivity contribution in [3.63, 3.8) is 0 Å². The topological polar surface area (TPSA) is 93.0 Å². The van der Waals surface area contributed by atoms with Crippen LogP contribution in [0, 0.1) is 5.82 Å².